The van der Waals surface area contributed by atoms with E-state index in [9.17, 15) is 0 Å². The Hall–Kier alpha value is -5.24. The highest BCUT2D eigenvalue weighted by molar-refractivity contribution is 7.26. The summed E-state index contributed by atoms with van der Waals surface area (Å²) in [7, 11) is 0. The molecule has 0 radical (unpaired) electrons. The van der Waals surface area contributed by atoms with Crippen LogP contribution in [0.1, 0.15) is 31.9 Å². The third-order valence-electron chi connectivity index (χ3n) is 8.20. The molecule has 0 aliphatic carbocycles. The average molecular weight is 588 g/mol. The Morgan fingerprint density at radius 1 is 0.682 bits per heavy atom. The van der Waals surface area contributed by atoms with Crippen LogP contribution in [0.5, 0.6) is 0 Å². The van der Waals surface area contributed by atoms with Gasteiger partial charge in [0.15, 0.2) is 0 Å². The largest absolute Gasteiger partial charge is 0.377 e. The molecule has 0 saturated heterocycles. The maximum atomic E-state index is 4.00. The monoisotopic (exact) mass is 587 g/mol. The van der Waals surface area contributed by atoms with E-state index in [1.165, 1.54) is 76.4 Å². The predicted molar refractivity (Wildman–Crippen MR) is 190 cm³/mol. The van der Waals surface area contributed by atoms with Gasteiger partial charge in [-0.25, -0.2) is 0 Å². The molecule has 2 aliphatic heterocycles. The van der Waals surface area contributed by atoms with E-state index in [1.54, 1.807) is 0 Å². The number of benzene rings is 5. The van der Waals surface area contributed by atoms with Crippen LogP contribution in [0.25, 0.3) is 48.7 Å². The first-order chi connectivity index (χ1) is 21.8. The smallest absolute Gasteiger partial charge is 0.0947 e. The fourth-order valence-corrected chi connectivity index (χ4v) is 7.82. The van der Waals surface area contributed by atoms with E-state index in [2.05, 4.69) is 169 Å². The van der Waals surface area contributed by atoms with Gasteiger partial charge in [-0.1, -0.05) is 105 Å². The lowest BCUT2D eigenvalue weighted by atomic mass is 10.0. The lowest BCUT2D eigenvalue weighted by molar-refractivity contribution is 0.797. The van der Waals surface area contributed by atoms with E-state index in [1.807, 2.05) is 11.3 Å². The van der Waals surface area contributed by atoms with Crippen molar-refractivity contribution >= 4 is 65.7 Å². The van der Waals surface area contributed by atoms with E-state index < -0.39 is 0 Å². The molecule has 9 rings (SSSR count). The van der Waals surface area contributed by atoms with Crippen molar-refractivity contribution in [2.45, 2.75) is 26.3 Å². The minimum atomic E-state index is 0.0910. The third-order valence-corrected chi connectivity index (χ3v) is 9.41. The number of aromatic nitrogens is 1. The molecule has 7 aromatic rings. The summed E-state index contributed by atoms with van der Waals surface area (Å²) in [5, 5.41) is 10.2. The zero-order chi connectivity index (χ0) is 30.2. The number of nitrogens with zero attached hydrogens (tertiary/aromatic N) is 2. The number of hydrogen-bond acceptors (Lipinski definition) is 3. The Labute approximate surface area is 262 Å². The van der Waals surface area contributed by atoms with E-state index in [4.69, 9.17) is 0 Å². The van der Waals surface area contributed by atoms with Crippen molar-refractivity contribution < 1.29 is 0 Å². The van der Waals surface area contributed by atoms with Gasteiger partial charge >= 0.3 is 0 Å². The number of rotatable bonds is 2. The second-order valence-corrected chi connectivity index (χ2v) is 12.0. The van der Waals surface area contributed by atoms with E-state index in [0.717, 1.165) is 0 Å². The molecule has 44 heavy (non-hydrogen) atoms. The molecule has 0 saturated carbocycles. The van der Waals surface area contributed by atoms with E-state index in [0.29, 0.717) is 0 Å². The summed E-state index contributed by atoms with van der Waals surface area (Å²) >= 11 is 1.88. The highest BCUT2D eigenvalue weighted by Crippen LogP contribution is 2.47. The average Bonchev–Trinajstić information content (AvgIpc) is 3.74. The Balaban J connectivity index is 0.000000592. The first-order valence-corrected chi connectivity index (χ1v) is 15.9. The Morgan fingerprint density at radius 3 is 2.14 bits per heavy atom. The number of fused-ring (bicyclic) bond motifs is 9. The zero-order valence-corrected chi connectivity index (χ0v) is 25.7. The van der Waals surface area contributed by atoms with Crippen molar-refractivity contribution in [1.29, 1.82) is 0 Å². The van der Waals surface area contributed by atoms with Gasteiger partial charge < -0.3 is 14.8 Å². The second kappa shape index (κ2) is 11.4. The minimum absolute atomic E-state index is 0.0910. The van der Waals surface area contributed by atoms with Gasteiger partial charge in [-0.15, -0.1) is 24.2 Å². The van der Waals surface area contributed by atoms with Crippen molar-refractivity contribution in [1.82, 2.24) is 9.88 Å². The number of para-hydroxylation sites is 3. The van der Waals surface area contributed by atoms with Crippen molar-refractivity contribution in [2.75, 3.05) is 4.90 Å². The van der Waals surface area contributed by atoms with Crippen LogP contribution < -0.4 is 20.8 Å². The Kier molecular flexibility index (Phi) is 7.18. The van der Waals surface area contributed by atoms with Crippen LogP contribution in [-0.4, -0.2) is 4.57 Å². The van der Waals surface area contributed by atoms with Crippen LogP contribution in [0.4, 0.5) is 11.4 Å². The molecule has 0 spiro atoms. The van der Waals surface area contributed by atoms with Gasteiger partial charge in [-0.3, -0.25) is 0 Å². The second-order valence-electron chi connectivity index (χ2n) is 10.9. The highest BCUT2D eigenvalue weighted by Gasteiger charge is 2.37. The van der Waals surface area contributed by atoms with Crippen LogP contribution in [0, 0.1) is 12.8 Å². The third kappa shape index (κ3) is 4.12. The Bertz CT molecular complexity index is 2290. The Morgan fingerprint density at radius 2 is 1.32 bits per heavy atom. The molecule has 214 valence electrons. The SMILES string of the molecule is C#C.C1=c2c(c3ccccc3n2-c2cccc3c2sc2ccccc23)=C2C(N1)c1ccccc1N2c1ccccc1.CCC. The maximum absolute atomic E-state index is 4.00. The topological polar surface area (TPSA) is 20.2 Å². The molecule has 3 nitrogen and oxygen atoms in total. The van der Waals surface area contributed by atoms with E-state index in [-0.39, 0.29) is 6.04 Å². The van der Waals surface area contributed by atoms with Crippen LogP contribution in [0.15, 0.2) is 121 Å². The predicted octanol–water partition coefficient (Wildman–Crippen LogP) is 9.01. The van der Waals surface area contributed by atoms with Gasteiger partial charge in [0.05, 0.1) is 38.7 Å². The summed E-state index contributed by atoms with van der Waals surface area (Å²) in [6, 6.07) is 44.0. The van der Waals surface area contributed by atoms with Gasteiger partial charge in [-0.2, -0.15) is 0 Å². The summed E-state index contributed by atoms with van der Waals surface area (Å²) < 4.78 is 5.10. The maximum Gasteiger partial charge on any atom is 0.0947 e. The number of nitrogens with one attached hydrogen (secondary N) is 1. The van der Waals surface area contributed by atoms with Gasteiger partial charge in [0.2, 0.25) is 0 Å². The first kappa shape index (κ1) is 27.6. The lowest BCUT2D eigenvalue weighted by Crippen LogP contribution is -2.42. The van der Waals surface area contributed by atoms with Crippen molar-refractivity contribution in [3.8, 4) is 18.5 Å². The number of terminal acetylenes is 1. The van der Waals surface area contributed by atoms with Crippen LogP contribution in [0.2, 0.25) is 0 Å². The molecule has 0 amide bonds. The van der Waals surface area contributed by atoms with Crippen molar-refractivity contribution in [2.24, 2.45) is 0 Å². The lowest BCUT2D eigenvalue weighted by Gasteiger charge is -2.25. The molecular weight excluding hydrogens is 555 g/mol. The van der Waals surface area contributed by atoms with Crippen molar-refractivity contribution in [3.05, 3.63) is 137 Å². The molecule has 1 N–H and O–H groups in total. The first-order valence-electron chi connectivity index (χ1n) is 15.1. The molecular formula is C40H33N3S. The molecule has 1 unspecified atom stereocenters. The molecule has 4 heterocycles. The quantitative estimate of drug-likeness (QED) is 0.204. The van der Waals surface area contributed by atoms with Crippen LogP contribution in [0.3, 0.4) is 0 Å². The molecule has 0 fully saturated rings. The van der Waals surface area contributed by atoms with E-state index >= 15 is 0 Å². The van der Waals surface area contributed by atoms with Crippen LogP contribution >= 0.6 is 11.3 Å². The molecule has 1 atom stereocenters. The normalized spacial score (nSPS) is 14.4. The molecule has 5 aromatic carbocycles. The number of hydrogen-bond donors (Lipinski definition) is 1. The van der Waals surface area contributed by atoms with Gasteiger partial charge in [0.1, 0.15) is 0 Å². The minimum Gasteiger partial charge on any atom is -0.377 e. The zero-order valence-electron chi connectivity index (χ0n) is 24.9. The van der Waals surface area contributed by atoms with Gasteiger partial charge in [-0.05, 0) is 36.4 Å². The summed E-state index contributed by atoms with van der Waals surface area (Å²) in [6.45, 7) is 4.25. The summed E-state index contributed by atoms with van der Waals surface area (Å²) in [5.74, 6) is 0. The van der Waals surface area contributed by atoms with Gasteiger partial charge in [0, 0.05) is 43.5 Å². The fourth-order valence-electron chi connectivity index (χ4n) is 6.62. The van der Waals surface area contributed by atoms with Gasteiger partial charge in [0.25, 0.3) is 0 Å². The van der Waals surface area contributed by atoms with Crippen LogP contribution in [-0.2, 0) is 0 Å². The number of thiophene rings is 1. The summed E-state index contributed by atoms with van der Waals surface area (Å²) in [4.78, 5) is 2.45. The molecule has 2 aromatic heterocycles. The molecule has 4 heteroatoms. The van der Waals surface area contributed by atoms with Crippen molar-refractivity contribution in [3.63, 3.8) is 0 Å². The molecule has 0 bridgehead atoms. The number of anilines is 2. The summed E-state index contributed by atoms with van der Waals surface area (Å²) in [5.41, 5.74) is 7.47. The molecule has 2 aliphatic rings. The fraction of sp³-hybridized carbons (Fsp3) is 0.100. The summed E-state index contributed by atoms with van der Waals surface area (Å²) in [6.07, 6.45) is 11.5. The highest BCUT2D eigenvalue weighted by atomic mass is 32.1. The standard InChI is InChI=1S/C35H23N3S.C3H8.C2H2/c1-2-11-22(12-3-1)37-28-18-8-5-15-26(28)33-34(37)32-25-14-4-7-17-27(25)38(30(32)21-36-33)29-19-10-16-24-23-13-6-9-20-31(23)39-35(24)29;1-3-2;1-2/h1-21,33,36H;3H2,1-2H3;1-2H.